The zero-order valence-electron chi connectivity index (χ0n) is 20.3. The molecule has 3 aromatic rings. The molecule has 13 heteroatoms. The number of halogens is 2. The summed E-state index contributed by atoms with van der Waals surface area (Å²) < 4.78 is 40.1. The predicted molar refractivity (Wildman–Crippen MR) is 128 cm³/mol. The van der Waals surface area contributed by atoms with Crippen LogP contribution in [0.1, 0.15) is 26.1 Å². The lowest BCUT2D eigenvalue weighted by atomic mass is 10.1. The van der Waals surface area contributed by atoms with E-state index in [9.17, 15) is 13.6 Å². The number of piperazine rings is 1. The molecule has 0 aliphatic carbocycles. The summed E-state index contributed by atoms with van der Waals surface area (Å²) in [5.74, 6) is 0.369. The molecule has 192 valence electrons. The van der Waals surface area contributed by atoms with Crippen LogP contribution in [-0.4, -0.2) is 94.1 Å². The highest BCUT2D eigenvalue weighted by atomic mass is 19.3. The van der Waals surface area contributed by atoms with Crippen LogP contribution >= 0.6 is 0 Å². The van der Waals surface area contributed by atoms with E-state index in [0.29, 0.717) is 62.3 Å². The third-order valence-corrected chi connectivity index (χ3v) is 6.72. The van der Waals surface area contributed by atoms with E-state index in [1.54, 1.807) is 29.2 Å². The van der Waals surface area contributed by atoms with Crippen molar-refractivity contribution >= 4 is 29.0 Å². The molecule has 0 spiro atoms. The third kappa shape index (κ3) is 4.38. The van der Waals surface area contributed by atoms with Gasteiger partial charge in [-0.2, -0.15) is 15.0 Å². The predicted octanol–water partition coefficient (Wildman–Crippen LogP) is 2.65. The summed E-state index contributed by atoms with van der Waals surface area (Å²) in [6.45, 7) is 6.80. The van der Waals surface area contributed by atoms with Gasteiger partial charge in [-0.05, 0) is 26.0 Å². The van der Waals surface area contributed by atoms with E-state index in [1.165, 1.54) is 11.7 Å². The number of methoxy groups -OCH3 is 1. The number of benzene rings is 1. The van der Waals surface area contributed by atoms with Crippen LogP contribution in [0.25, 0.3) is 17.0 Å². The van der Waals surface area contributed by atoms with Crippen LogP contribution < -0.4 is 9.80 Å². The average Bonchev–Trinajstić information content (AvgIpc) is 3.30. The Kier molecular flexibility index (Phi) is 6.56. The van der Waals surface area contributed by atoms with Crippen molar-refractivity contribution in [1.82, 2.24) is 29.4 Å². The molecule has 0 N–H and O–H groups in total. The van der Waals surface area contributed by atoms with E-state index in [4.69, 9.17) is 14.5 Å². The summed E-state index contributed by atoms with van der Waals surface area (Å²) in [5.41, 5.74) is 0.908. The number of imidazole rings is 1. The number of carbonyl (C=O) groups is 1. The summed E-state index contributed by atoms with van der Waals surface area (Å²) in [6, 6.07) is 6.87. The Morgan fingerprint density at radius 1 is 1.00 bits per heavy atom. The van der Waals surface area contributed by atoms with Crippen molar-refractivity contribution in [3.8, 4) is 5.95 Å². The first-order valence-electron chi connectivity index (χ1n) is 11.9. The van der Waals surface area contributed by atoms with Gasteiger partial charge in [-0.15, -0.1) is 0 Å². The minimum atomic E-state index is -2.83. The number of nitrogens with zero attached hydrogens (tertiary/aromatic N) is 8. The molecule has 0 bridgehead atoms. The Hall–Kier alpha value is -3.61. The van der Waals surface area contributed by atoms with Crippen molar-refractivity contribution in [2.24, 2.45) is 0 Å². The summed E-state index contributed by atoms with van der Waals surface area (Å²) in [4.78, 5) is 35.6. The average molecular weight is 503 g/mol. The van der Waals surface area contributed by atoms with Gasteiger partial charge in [0.1, 0.15) is 0 Å². The quantitative estimate of drug-likeness (QED) is 0.533. The molecule has 0 radical (unpaired) electrons. The molecule has 2 atom stereocenters. The number of fused-ring (bicyclic) bond motifs is 1. The van der Waals surface area contributed by atoms with Gasteiger partial charge in [-0.25, -0.2) is 18.6 Å². The number of rotatable bonds is 4. The fraction of sp³-hybridized carbons (Fsp3) is 0.522. The van der Waals surface area contributed by atoms with Crippen LogP contribution in [0.5, 0.6) is 0 Å². The molecular formula is C23H28F2N8O3. The SMILES string of the molecule is COC(=O)N1CCN(c2nc(N3CCO[C@H](C)[C@@H]3C)nc(-n3c(C(F)F)nc4ccccc43)n2)CC1. The van der Waals surface area contributed by atoms with E-state index in [1.807, 2.05) is 23.6 Å². The van der Waals surface area contributed by atoms with Gasteiger partial charge in [0.05, 0.1) is 36.9 Å². The lowest BCUT2D eigenvalue weighted by Gasteiger charge is -2.38. The van der Waals surface area contributed by atoms with Crippen molar-refractivity contribution in [2.45, 2.75) is 32.4 Å². The molecule has 2 aliphatic rings. The van der Waals surface area contributed by atoms with Gasteiger partial charge in [-0.3, -0.25) is 4.57 Å². The molecule has 4 heterocycles. The molecule has 5 rings (SSSR count). The maximum atomic E-state index is 14.1. The van der Waals surface area contributed by atoms with E-state index in [2.05, 4.69) is 15.0 Å². The number of anilines is 2. The van der Waals surface area contributed by atoms with Crippen molar-refractivity contribution < 1.29 is 23.0 Å². The maximum Gasteiger partial charge on any atom is 0.409 e. The Balaban J connectivity index is 1.60. The molecule has 2 aromatic heterocycles. The topological polar surface area (TPSA) is 102 Å². The highest BCUT2D eigenvalue weighted by molar-refractivity contribution is 5.77. The molecule has 1 amide bonds. The van der Waals surface area contributed by atoms with E-state index in [-0.39, 0.29) is 18.1 Å². The molecule has 11 nitrogen and oxygen atoms in total. The number of alkyl halides is 2. The second-order valence-electron chi connectivity index (χ2n) is 8.78. The summed E-state index contributed by atoms with van der Waals surface area (Å²) in [7, 11) is 1.35. The summed E-state index contributed by atoms with van der Waals surface area (Å²) in [6.07, 6.45) is -3.28. The fourth-order valence-electron chi connectivity index (χ4n) is 4.55. The van der Waals surface area contributed by atoms with Crippen LogP contribution in [0.3, 0.4) is 0 Å². The van der Waals surface area contributed by atoms with Crippen molar-refractivity contribution in [3.05, 3.63) is 30.1 Å². The minimum Gasteiger partial charge on any atom is -0.453 e. The van der Waals surface area contributed by atoms with E-state index in [0.717, 1.165) is 0 Å². The second kappa shape index (κ2) is 9.80. The number of carbonyl (C=O) groups excluding carboxylic acids is 1. The smallest absolute Gasteiger partial charge is 0.409 e. The largest absolute Gasteiger partial charge is 0.453 e. The molecule has 2 saturated heterocycles. The molecular weight excluding hydrogens is 474 g/mol. The van der Waals surface area contributed by atoms with Gasteiger partial charge in [0.2, 0.25) is 17.8 Å². The molecule has 2 fully saturated rings. The van der Waals surface area contributed by atoms with E-state index >= 15 is 0 Å². The van der Waals surface area contributed by atoms with Crippen LogP contribution in [-0.2, 0) is 9.47 Å². The van der Waals surface area contributed by atoms with Crippen molar-refractivity contribution in [2.75, 3.05) is 56.2 Å². The Morgan fingerprint density at radius 2 is 1.69 bits per heavy atom. The van der Waals surface area contributed by atoms with Crippen LogP contribution in [0.4, 0.5) is 25.5 Å². The first-order chi connectivity index (χ1) is 17.4. The zero-order valence-corrected chi connectivity index (χ0v) is 20.3. The molecule has 0 saturated carbocycles. The molecule has 36 heavy (non-hydrogen) atoms. The molecule has 0 unspecified atom stereocenters. The number of para-hydroxylation sites is 2. The Labute approximate surface area is 206 Å². The van der Waals surface area contributed by atoms with Gasteiger partial charge >= 0.3 is 6.09 Å². The summed E-state index contributed by atoms with van der Waals surface area (Å²) >= 11 is 0. The van der Waals surface area contributed by atoms with Crippen molar-refractivity contribution in [3.63, 3.8) is 0 Å². The lowest BCUT2D eigenvalue weighted by Crippen LogP contribution is -2.50. The van der Waals surface area contributed by atoms with Gasteiger partial charge < -0.3 is 24.2 Å². The first kappa shape index (κ1) is 24.1. The van der Waals surface area contributed by atoms with Gasteiger partial charge in [0.15, 0.2) is 5.82 Å². The lowest BCUT2D eigenvalue weighted by molar-refractivity contribution is 0.0277. The highest BCUT2D eigenvalue weighted by Gasteiger charge is 2.31. The molecule has 1 aromatic carbocycles. The number of aromatic nitrogens is 5. The van der Waals surface area contributed by atoms with E-state index < -0.39 is 18.3 Å². The second-order valence-corrected chi connectivity index (χ2v) is 8.78. The summed E-state index contributed by atoms with van der Waals surface area (Å²) in [5, 5.41) is 0. The number of hydrogen-bond acceptors (Lipinski definition) is 9. The number of hydrogen-bond donors (Lipinski definition) is 0. The highest BCUT2D eigenvalue weighted by Crippen LogP contribution is 2.29. The van der Waals surface area contributed by atoms with Gasteiger partial charge in [-0.1, -0.05) is 12.1 Å². The number of morpholine rings is 1. The van der Waals surface area contributed by atoms with Gasteiger partial charge in [0.25, 0.3) is 6.43 Å². The minimum absolute atomic E-state index is 0.0351. The third-order valence-electron chi connectivity index (χ3n) is 6.72. The standard InChI is InChI=1S/C23H28F2N8O3/c1-14-15(2)36-13-12-32(14)21-27-20(30-8-10-31(11-9-30)23(34)35-3)28-22(29-21)33-17-7-5-4-6-16(17)26-19(33)18(24)25/h4-7,14-15,18H,8-13H2,1-3H3/t14-,15+/m0/s1. The monoisotopic (exact) mass is 502 g/mol. The van der Waals surface area contributed by atoms with Crippen LogP contribution in [0, 0.1) is 0 Å². The normalized spacial score (nSPS) is 20.9. The number of amides is 1. The van der Waals surface area contributed by atoms with Crippen LogP contribution in [0.2, 0.25) is 0 Å². The first-order valence-corrected chi connectivity index (χ1v) is 11.9. The zero-order chi connectivity index (χ0) is 25.4. The van der Waals surface area contributed by atoms with Crippen molar-refractivity contribution in [1.29, 1.82) is 0 Å². The molecule has 2 aliphatic heterocycles. The maximum absolute atomic E-state index is 14.1. The van der Waals surface area contributed by atoms with Gasteiger partial charge in [0, 0.05) is 32.7 Å². The Morgan fingerprint density at radius 3 is 2.42 bits per heavy atom. The number of ether oxygens (including phenoxy) is 2. The Bertz CT molecular complexity index is 1250. The van der Waals surface area contributed by atoms with Crippen LogP contribution in [0.15, 0.2) is 24.3 Å². The fourth-order valence-corrected chi connectivity index (χ4v) is 4.55.